The number of aliphatic carboxylic acids is 3. The van der Waals surface area contributed by atoms with Crippen LogP contribution in [0.4, 0.5) is 0 Å². The van der Waals surface area contributed by atoms with Gasteiger partial charge in [0.1, 0.15) is 6.04 Å². The van der Waals surface area contributed by atoms with Gasteiger partial charge in [0.15, 0.2) is 11.5 Å². The van der Waals surface area contributed by atoms with Crippen LogP contribution >= 0.6 is 0 Å². The Labute approximate surface area is 293 Å². The molecule has 1 aliphatic heterocycles. The highest BCUT2D eigenvalue weighted by Gasteiger charge is 2.29. The first-order chi connectivity index (χ1) is 23.9. The third-order valence-corrected chi connectivity index (χ3v) is 8.48. The van der Waals surface area contributed by atoms with Gasteiger partial charge in [-0.3, -0.25) is 29.2 Å². The minimum absolute atomic E-state index is 0.00720. The third-order valence-electron chi connectivity index (χ3n) is 7.01. The zero-order chi connectivity index (χ0) is 38.3. The molecule has 1 aliphatic rings. The Kier molecular flexibility index (Phi) is 15.8. The maximum absolute atomic E-state index is 13.4. The van der Waals surface area contributed by atoms with E-state index in [-0.39, 0.29) is 29.9 Å². The molecule has 0 spiro atoms. The molecule has 2 heterocycles. The number of para-hydroxylation sites is 2. The second kappa shape index (κ2) is 19.4. The number of benzene rings is 3. The molecule has 18 heteroatoms. The number of oxazole rings is 1. The fraction of sp³-hybridized carbons (Fsp3) is 0.333. The van der Waals surface area contributed by atoms with Crippen molar-refractivity contribution in [2.24, 2.45) is 11.7 Å². The van der Waals surface area contributed by atoms with Crippen molar-refractivity contribution in [3.05, 3.63) is 77.3 Å². The molecule has 4 aromatic rings. The molecule has 0 aliphatic carbocycles. The summed E-state index contributed by atoms with van der Waals surface area (Å²) in [7, 11) is -4.14. The summed E-state index contributed by atoms with van der Waals surface area (Å²) in [5, 5.41) is 34.4. The van der Waals surface area contributed by atoms with E-state index in [1.54, 1.807) is 41.3 Å². The predicted octanol–water partition coefficient (Wildman–Crippen LogP) is 2.09. The third kappa shape index (κ3) is 13.9. The maximum Gasteiger partial charge on any atom is 0.420 e. The van der Waals surface area contributed by atoms with Crippen molar-refractivity contribution in [3.63, 3.8) is 0 Å². The average Bonchev–Trinajstić information content (AvgIpc) is 3.36. The van der Waals surface area contributed by atoms with Gasteiger partial charge in [0.25, 0.3) is 17.9 Å². The number of guanidine groups is 1. The standard InChI is InChI=1S/C27H30N6O5S.3C2H4O2/c28-26(29)32-13-5-6-18(16-32)15-30-25(34)22(17-33-23-9-3-4-10-24(23)38-27(33)35)31-39(36,37)21-12-11-19-7-1-2-8-20(19)14-21;3*1-2(3)4/h1-4,7-12,14,18,22,31H,5-6,13,15-17H2,(H3,28,29)(H,30,34);3*1H3,(H,3,4)/t18?,22-;;;/m1.../s1. The Bertz CT molecular complexity index is 1970. The monoisotopic (exact) mass is 730 g/mol. The number of hydrogen-bond acceptors (Lipinski definition) is 9. The number of piperidine rings is 1. The molecule has 1 fully saturated rings. The van der Waals surface area contributed by atoms with Gasteiger partial charge >= 0.3 is 5.76 Å². The molecule has 51 heavy (non-hydrogen) atoms. The van der Waals surface area contributed by atoms with E-state index in [0.29, 0.717) is 24.2 Å². The van der Waals surface area contributed by atoms with Crippen LogP contribution in [0.1, 0.15) is 33.6 Å². The van der Waals surface area contributed by atoms with E-state index in [9.17, 15) is 18.0 Å². The Balaban J connectivity index is 0.000000654. The van der Waals surface area contributed by atoms with Crippen molar-refractivity contribution in [2.45, 2.75) is 51.1 Å². The minimum atomic E-state index is -4.14. The molecule has 8 N–H and O–H groups in total. The summed E-state index contributed by atoms with van der Waals surface area (Å²) in [4.78, 5) is 54.8. The molecule has 276 valence electrons. The van der Waals surface area contributed by atoms with E-state index >= 15 is 0 Å². The van der Waals surface area contributed by atoms with Crippen molar-refractivity contribution in [3.8, 4) is 0 Å². The first-order valence-electron chi connectivity index (χ1n) is 15.5. The van der Waals surface area contributed by atoms with Gasteiger partial charge in [0.2, 0.25) is 15.9 Å². The highest BCUT2D eigenvalue weighted by atomic mass is 32.2. The van der Waals surface area contributed by atoms with Gasteiger partial charge in [-0.1, -0.05) is 42.5 Å². The second-order valence-corrected chi connectivity index (χ2v) is 13.0. The number of carboxylic acid groups (broad SMARTS) is 3. The fourth-order valence-electron chi connectivity index (χ4n) is 4.95. The number of aromatic nitrogens is 1. The van der Waals surface area contributed by atoms with Crippen LogP contribution in [0.25, 0.3) is 21.9 Å². The van der Waals surface area contributed by atoms with Crippen LogP contribution in [0, 0.1) is 11.3 Å². The molecule has 3 aromatic carbocycles. The summed E-state index contributed by atoms with van der Waals surface area (Å²) in [6.45, 7) is 4.47. The van der Waals surface area contributed by atoms with Crippen LogP contribution in [-0.4, -0.2) is 88.7 Å². The van der Waals surface area contributed by atoms with E-state index in [4.69, 9.17) is 45.3 Å². The average molecular weight is 731 g/mol. The zero-order valence-corrected chi connectivity index (χ0v) is 29.1. The molecule has 1 saturated heterocycles. The van der Waals surface area contributed by atoms with Crippen molar-refractivity contribution in [1.29, 1.82) is 5.41 Å². The van der Waals surface area contributed by atoms with Gasteiger partial charge in [-0.2, -0.15) is 4.72 Å². The number of hydrogen-bond donors (Lipinski definition) is 7. The van der Waals surface area contributed by atoms with Crippen molar-refractivity contribution < 1.29 is 47.3 Å². The number of carboxylic acids is 3. The normalized spacial score (nSPS) is 14.3. The molecule has 5 rings (SSSR count). The molecule has 0 bridgehead atoms. The number of fused-ring (bicyclic) bond motifs is 2. The van der Waals surface area contributed by atoms with Gasteiger partial charge in [-0.25, -0.2) is 13.2 Å². The van der Waals surface area contributed by atoms with Crippen LogP contribution in [0.3, 0.4) is 0 Å². The summed E-state index contributed by atoms with van der Waals surface area (Å²) in [6.07, 6.45) is 1.66. The molecular formula is C33H42N6O11S. The van der Waals surface area contributed by atoms with Gasteiger partial charge in [0, 0.05) is 40.4 Å². The van der Waals surface area contributed by atoms with Crippen LogP contribution in [0.15, 0.2) is 80.8 Å². The van der Waals surface area contributed by atoms with Crippen LogP contribution in [0.2, 0.25) is 0 Å². The zero-order valence-electron chi connectivity index (χ0n) is 28.2. The summed E-state index contributed by atoms with van der Waals surface area (Å²) in [5.41, 5.74) is 6.42. The first kappa shape index (κ1) is 41.4. The molecule has 0 radical (unpaired) electrons. The van der Waals surface area contributed by atoms with Crippen molar-refractivity contribution in [2.75, 3.05) is 19.6 Å². The number of nitrogens with one attached hydrogen (secondary N) is 3. The number of sulfonamides is 1. The smallest absolute Gasteiger partial charge is 0.420 e. The largest absolute Gasteiger partial charge is 0.481 e. The van der Waals surface area contributed by atoms with Gasteiger partial charge < -0.3 is 35.7 Å². The predicted molar refractivity (Wildman–Crippen MR) is 188 cm³/mol. The van der Waals surface area contributed by atoms with E-state index in [1.807, 2.05) is 24.3 Å². The van der Waals surface area contributed by atoms with E-state index in [1.165, 1.54) is 10.6 Å². The fourth-order valence-corrected chi connectivity index (χ4v) is 6.17. The van der Waals surface area contributed by atoms with E-state index in [2.05, 4.69) is 10.0 Å². The Morgan fingerprint density at radius 1 is 0.941 bits per heavy atom. The van der Waals surface area contributed by atoms with Gasteiger partial charge in [0.05, 0.1) is 17.0 Å². The highest BCUT2D eigenvalue weighted by molar-refractivity contribution is 7.89. The molecular weight excluding hydrogens is 688 g/mol. The van der Waals surface area contributed by atoms with Crippen molar-refractivity contribution >= 4 is 61.7 Å². The molecule has 2 atom stereocenters. The summed E-state index contributed by atoms with van der Waals surface area (Å²) >= 11 is 0. The number of nitrogens with zero attached hydrogens (tertiary/aromatic N) is 2. The summed E-state index contributed by atoms with van der Waals surface area (Å²) in [6, 6.07) is 17.6. The number of carbonyl (C=O) groups is 4. The van der Waals surface area contributed by atoms with Crippen LogP contribution in [-0.2, 0) is 35.7 Å². The van der Waals surface area contributed by atoms with Gasteiger partial charge in [-0.05, 0) is 53.8 Å². The lowest BCUT2D eigenvalue weighted by atomic mass is 9.98. The van der Waals surface area contributed by atoms with E-state index in [0.717, 1.165) is 44.4 Å². The lowest BCUT2D eigenvalue weighted by Crippen LogP contribution is -2.52. The molecule has 1 amide bonds. The quantitative estimate of drug-likeness (QED) is 0.101. The Morgan fingerprint density at radius 3 is 2.12 bits per heavy atom. The number of nitrogens with two attached hydrogens (primary N) is 1. The van der Waals surface area contributed by atoms with Gasteiger partial charge in [-0.15, -0.1) is 0 Å². The highest BCUT2D eigenvalue weighted by Crippen LogP contribution is 2.20. The minimum Gasteiger partial charge on any atom is -0.481 e. The number of likely N-dealkylation sites (tertiary alicyclic amines) is 1. The second-order valence-electron chi connectivity index (χ2n) is 11.3. The topological polar surface area (TPSA) is 275 Å². The number of carbonyl (C=O) groups excluding carboxylic acids is 1. The lowest BCUT2D eigenvalue weighted by molar-refractivity contribution is -0.135. The SMILES string of the molecule is CC(=O)O.CC(=O)O.CC(=O)O.N=C(N)N1CCCC(CNC(=O)[C@@H](Cn2c(=O)oc3ccccc32)NS(=O)(=O)c2ccc3ccccc3c2)C1. The number of amides is 1. The molecule has 1 unspecified atom stereocenters. The van der Waals surface area contributed by atoms with Crippen LogP contribution < -0.4 is 21.5 Å². The summed E-state index contributed by atoms with van der Waals surface area (Å²) in [5.74, 6) is -3.74. The van der Waals surface area contributed by atoms with E-state index < -0.39 is 45.6 Å². The van der Waals surface area contributed by atoms with Crippen LogP contribution in [0.5, 0.6) is 0 Å². The lowest BCUT2D eigenvalue weighted by Gasteiger charge is -2.33. The Morgan fingerprint density at radius 2 is 1.51 bits per heavy atom. The first-order valence-corrected chi connectivity index (χ1v) is 16.9. The summed E-state index contributed by atoms with van der Waals surface area (Å²) < 4.78 is 35.9. The van der Waals surface area contributed by atoms with Crippen molar-refractivity contribution in [1.82, 2.24) is 19.5 Å². The number of rotatable bonds is 8. The Hall–Kier alpha value is -5.75. The molecule has 1 aromatic heterocycles. The molecule has 0 saturated carbocycles. The maximum atomic E-state index is 13.4. The molecule has 17 nitrogen and oxygen atoms in total.